The third-order valence-electron chi connectivity index (χ3n) is 3.31. The maximum absolute atomic E-state index is 5.51. The molecule has 0 aliphatic rings. The van der Waals surface area contributed by atoms with E-state index < -0.39 is 0 Å². The molecule has 0 aromatic heterocycles. The molecule has 0 aliphatic heterocycles. The van der Waals surface area contributed by atoms with E-state index >= 15 is 0 Å². The summed E-state index contributed by atoms with van der Waals surface area (Å²) in [5.74, 6) is 0. The van der Waals surface area contributed by atoms with Crippen molar-refractivity contribution in [3.8, 4) is 0 Å². The monoisotopic (exact) mass is 333 g/mol. The van der Waals surface area contributed by atoms with Crippen LogP contribution in [0.15, 0.2) is 0 Å². The molecule has 0 saturated carbocycles. The van der Waals surface area contributed by atoms with Crippen LogP contribution in [0.4, 0.5) is 0 Å². The Bertz CT molecular complexity index is 185. The number of hydrogen-bond acceptors (Lipinski definition) is 5. The molecule has 0 heterocycles. The quantitative estimate of drug-likeness (QED) is 0.347. The van der Waals surface area contributed by atoms with Crippen molar-refractivity contribution in [2.24, 2.45) is 0 Å². The van der Waals surface area contributed by atoms with E-state index in [1.54, 1.807) is 0 Å². The zero-order valence-electron chi connectivity index (χ0n) is 15.4. The van der Waals surface area contributed by atoms with Gasteiger partial charge in [0.15, 0.2) is 0 Å². The summed E-state index contributed by atoms with van der Waals surface area (Å²) in [5.41, 5.74) is 0. The highest BCUT2D eigenvalue weighted by Crippen LogP contribution is 1.90. The molecule has 0 unspecified atom stereocenters. The van der Waals surface area contributed by atoms with Gasteiger partial charge >= 0.3 is 0 Å². The van der Waals surface area contributed by atoms with E-state index in [1.807, 2.05) is 0 Å². The Morgan fingerprint density at radius 2 is 0.826 bits per heavy atom. The van der Waals surface area contributed by atoms with Crippen molar-refractivity contribution in [3.63, 3.8) is 0 Å². The zero-order valence-corrected chi connectivity index (χ0v) is 15.4. The summed E-state index contributed by atoms with van der Waals surface area (Å²) in [6.45, 7) is 12.5. The molecular formula is C18H39NO4. The van der Waals surface area contributed by atoms with E-state index in [0.29, 0.717) is 26.4 Å². The van der Waals surface area contributed by atoms with Crippen LogP contribution in [0.25, 0.3) is 0 Å². The van der Waals surface area contributed by atoms with Crippen molar-refractivity contribution >= 4 is 0 Å². The first-order chi connectivity index (χ1) is 11.4. The molecule has 140 valence electrons. The normalized spacial score (nSPS) is 11.2. The molecule has 0 aromatic carbocycles. The molecule has 0 fully saturated rings. The fraction of sp³-hybridized carbons (Fsp3) is 1.00. The van der Waals surface area contributed by atoms with Crippen molar-refractivity contribution in [3.05, 3.63) is 0 Å². The molecule has 1 N–H and O–H groups in total. The van der Waals surface area contributed by atoms with Crippen LogP contribution in [0.1, 0.15) is 52.4 Å². The lowest BCUT2D eigenvalue weighted by Gasteiger charge is -2.07. The maximum atomic E-state index is 5.51. The standard InChI is InChI=1S/C18H39NO4/c1-3-5-11-20-15-17-22-13-7-9-19-10-8-14-23-18-16-21-12-6-4-2/h19H,3-18H2,1-2H3. The summed E-state index contributed by atoms with van der Waals surface area (Å²) >= 11 is 0. The lowest BCUT2D eigenvalue weighted by molar-refractivity contribution is 0.0444. The molecular weight excluding hydrogens is 294 g/mol. The number of rotatable bonds is 20. The number of unbranched alkanes of at least 4 members (excludes halogenated alkanes) is 2. The minimum absolute atomic E-state index is 0.706. The van der Waals surface area contributed by atoms with Crippen LogP contribution in [0.3, 0.4) is 0 Å². The number of hydrogen-bond donors (Lipinski definition) is 1. The summed E-state index contributed by atoms with van der Waals surface area (Å²) in [7, 11) is 0. The molecule has 0 spiro atoms. The molecule has 0 rings (SSSR count). The van der Waals surface area contributed by atoms with Crippen LogP contribution in [0.5, 0.6) is 0 Å². The molecule has 0 atom stereocenters. The van der Waals surface area contributed by atoms with Crippen molar-refractivity contribution < 1.29 is 18.9 Å². The van der Waals surface area contributed by atoms with E-state index in [1.165, 1.54) is 12.8 Å². The minimum atomic E-state index is 0.706. The Morgan fingerprint density at radius 3 is 1.17 bits per heavy atom. The second-order valence-electron chi connectivity index (χ2n) is 5.61. The first-order valence-electron chi connectivity index (χ1n) is 9.43. The molecule has 23 heavy (non-hydrogen) atoms. The van der Waals surface area contributed by atoms with Gasteiger partial charge in [-0.25, -0.2) is 0 Å². The lowest BCUT2D eigenvalue weighted by atomic mass is 10.4. The maximum Gasteiger partial charge on any atom is 0.0700 e. The van der Waals surface area contributed by atoms with Gasteiger partial charge in [-0.15, -0.1) is 0 Å². The van der Waals surface area contributed by atoms with Crippen LogP contribution < -0.4 is 5.32 Å². The predicted octanol–water partition coefficient (Wildman–Crippen LogP) is 3.02. The van der Waals surface area contributed by atoms with E-state index in [4.69, 9.17) is 18.9 Å². The van der Waals surface area contributed by atoms with Gasteiger partial charge in [-0.05, 0) is 38.8 Å². The van der Waals surface area contributed by atoms with Gasteiger partial charge in [-0.1, -0.05) is 26.7 Å². The summed E-state index contributed by atoms with van der Waals surface area (Å²) < 4.78 is 21.9. The number of nitrogens with one attached hydrogen (secondary N) is 1. The number of ether oxygens (including phenoxy) is 4. The van der Waals surface area contributed by atoms with E-state index in [0.717, 1.165) is 65.2 Å². The lowest BCUT2D eigenvalue weighted by Crippen LogP contribution is -2.20. The first kappa shape index (κ1) is 22.8. The molecule has 0 aromatic rings. The second kappa shape index (κ2) is 21.8. The Morgan fingerprint density at radius 1 is 0.478 bits per heavy atom. The van der Waals surface area contributed by atoms with Crippen molar-refractivity contribution in [2.45, 2.75) is 52.4 Å². The Balaban J connectivity index is 2.92. The van der Waals surface area contributed by atoms with E-state index in [-0.39, 0.29) is 0 Å². The molecule has 0 aliphatic carbocycles. The minimum Gasteiger partial charge on any atom is -0.379 e. The Kier molecular flexibility index (Phi) is 21.6. The second-order valence-corrected chi connectivity index (χ2v) is 5.61. The van der Waals surface area contributed by atoms with Crippen LogP contribution >= 0.6 is 0 Å². The average molecular weight is 334 g/mol. The molecule has 0 radical (unpaired) electrons. The van der Waals surface area contributed by atoms with Crippen LogP contribution in [-0.4, -0.2) is 65.9 Å². The van der Waals surface area contributed by atoms with Crippen LogP contribution in [-0.2, 0) is 18.9 Å². The third kappa shape index (κ3) is 21.8. The Hall–Kier alpha value is -0.200. The SMILES string of the molecule is CCCCOCCOCCCNCCCOCCOCCCC. The topological polar surface area (TPSA) is 49.0 Å². The first-order valence-corrected chi connectivity index (χ1v) is 9.43. The van der Waals surface area contributed by atoms with Crippen molar-refractivity contribution in [1.82, 2.24) is 5.32 Å². The summed E-state index contributed by atoms with van der Waals surface area (Å²) in [6, 6.07) is 0. The van der Waals surface area contributed by atoms with Gasteiger partial charge in [0.1, 0.15) is 0 Å². The highest BCUT2D eigenvalue weighted by atomic mass is 16.5. The zero-order chi connectivity index (χ0) is 16.8. The average Bonchev–Trinajstić information content (AvgIpc) is 2.57. The molecule has 5 nitrogen and oxygen atoms in total. The van der Waals surface area contributed by atoms with Gasteiger partial charge in [0.2, 0.25) is 0 Å². The fourth-order valence-electron chi connectivity index (χ4n) is 1.86. The molecule has 0 saturated heterocycles. The highest BCUT2D eigenvalue weighted by molar-refractivity contribution is 4.48. The molecule has 5 heteroatoms. The van der Waals surface area contributed by atoms with Gasteiger partial charge in [0.05, 0.1) is 26.4 Å². The summed E-state index contributed by atoms with van der Waals surface area (Å²) in [4.78, 5) is 0. The summed E-state index contributed by atoms with van der Waals surface area (Å²) in [5, 5.41) is 3.40. The van der Waals surface area contributed by atoms with E-state index in [9.17, 15) is 0 Å². The fourth-order valence-corrected chi connectivity index (χ4v) is 1.86. The van der Waals surface area contributed by atoms with Gasteiger partial charge in [-0.2, -0.15) is 0 Å². The van der Waals surface area contributed by atoms with Crippen LogP contribution in [0, 0.1) is 0 Å². The van der Waals surface area contributed by atoms with E-state index in [2.05, 4.69) is 19.2 Å². The highest BCUT2D eigenvalue weighted by Gasteiger charge is 1.93. The van der Waals surface area contributed by atoms with Gasteiger partial charge in [0, 0.05) is 26.4 Å². The molecule has 0 amide bonds. The van der Waals surface area contributed by atoms with Gasteiger partial charge < -0.3 is 24.3 Å². The van der Waals surface area contributed by atoms with Gasteiger partial charge in [0.25, 0.3) is 0 Å². The smallest absolute Gasteiger partial charge is 0.0700 e. The largest absolute Gasteiger partial charge is 0.379 e. The van der Waals surface area contributed by atoms with Crippen LogP contribution in [0.2, 0.25) is 0 Å². The predicted molar refractivity (Wildman–Crippen MR) is 95.2 cm³/mol. The van der Waals surface area contributed by atoms with Gasteiger partial charge in [-0.3, -0.25) is 0 Å². The summed E-state index contributed by atoms with van der Waals surface area (Å²) in [6.07, 6.45) is 6.73. The Labute approximate surface area is 143 Å². The van der Waals surface area contributed by atoms with Crippen molar-refractivity contribution in [1.29, 1.82) is 0 Å². The molecule has 0 bridgehead atoms. The van der Waals surface area contributed by atoms with Crippen molar-refractivity contribution in [2.75, 3.05) is 65.9 Å². The third-order valence-corrected chi connectivity index (χ3v) is 3.31.